The molecule has 3 unspecified atom stereocenters. The van der Waals surface area contributed by atoms with Crippen molar-refractivity contribution in [1.82, 2.24) is 5.32 Å². The Labute approximate surface area is 88.1 Å². The Balaban J connectivity index is 2.32. The van der Waals surface area contributed by atoms with Crippen molar-refractivity contribution in [1.29, 1.82) is 0 Å². The summed E-state index contributed by atoms with van der Waals surface area (Å²) >= 11 is 0. The smallest absolute Gasteiger partial charge is 0.0494 e. The lowest BCUT2D eigenvalue weighted by atomic mass is 9.93. The first-order valence-corrected chi connectivity index (χ1v) is 5.80. The summed E-state index contributed by atoms with van der Waals surface area (Å²) in [6.07, 6.45) is 2.64. The van der Waals surface area contributed by atoms with Crippen LogP contribution in [0.1, 0.15) is 40.5 Å². The highest BCUT2D eigenvalue weighted by Crippen LogP contribution is 2.31. The molecule has 2 nitrogen and oxygen atoms in total. The summed E-state index contributed by atoms with van der Waals surface area (Å²) in [4.78, 5) is 0. The molecule has 0 bridgehead atoms. The van der Waals surface area contributed by atoms with Gasteiger partial charge < -0.3 is 10.4 Å². The second-order valence-electron chi connectivity index (χ2n) is 5.72. The van der Waals surface area contributed by atoms with Gasteiger partial charge in [0.1, 0.15) is 0 Å². The van der Waals surface area contributed by atoms with E-state index in [2.05, 4.69) is 33.0 Å². The van der Waals surface area contributed by atoms with Crippen LogP contribution in [0, 0.1) is 17.3 Å². The number of rotatable bonds is 4. The maximum atomic E-state index is 9.15. The lowest BCUT2D eigenvalue weighted by Gasteiger charge is -2.27. The van der Waals surface area contributed by atoms with Crippen LogP contribution >= 0.6 is 0 Å². The van der Waals surface area contributed by atoms with Crippen LogP contribution in [0.5, 0.6) is 0 Å². The van der Waals surface area contributed by atoms with Crippen LogP contribution in [-0.2, 0) is 0 Å². The van der Waals surface area contributed by atoms with Gasteiger partial charge in [0.25, 0.3) is 0 Å². The molecule has 1 aliphatic carbocycles. The number of hydrogen-bond acceptors (Lipinski definition) is 2. The van der Waals surface area contributed by atoms with Crippen LogP contribution in [0.25, 0.3) is 0 Å². The molecule has 2 heteroatoms. The van der Waals surface area contributed by atoms with Gasteiger partial charge in [0.15, 0.2) is 0 Å². The summed E-state index contributed by atoms with van der Waals surface area (Å²) in [5.74, 6) is 1.63. The van der Waals surface area contributed by atoms with Crippen molar-refractivity contribution < 1.29 is 5.11 Å². The maximum Gasteiger partial charge on any atom is 0.0494 e. The van der Waals surface area contributed by atoms with Crippen molar-refractivity contribution in [2.24, 2.45) is 17.3 Å². The topological polar surface area (TPSA) is 32.3 Å². The van der Waals surface area contributed by atoms with Crippen molar-refractivity contribution in [2.45, 2.75) is 46.6 Å². The second kappa shape index (κ2) is 4.63. The van der Waals surface area contributed by atoms with E-state index in [9.17, 15) is 0 Å². The highest BCUT2D eigenvalue weighted by Gasteiger charge is 2.30. The molecule has 1 rings (SSSR count). The molecule has 0 spiro atoms. The zero-order chi connectivity index (χ0) is 10.8. The Morgan fingerprint density at radius 1 is 1.29 bits per heavy atom. The first-order valence-electron chi connectivity index (χ1n) is 5.80. The van der Waals surface area contributed by atoms with Crippen molar-refractivity contribution in [3.05, 3.63) is 0 Å². The molecule has 2 N–H and O–H groups in total. The molecular weight excluding hydrogens is 174 g/mol. The molecule has 0 amide bonds. The molecule has 0 aromatic rings. The predicted molar refractivity (Wildman–Crippen MR) is 60.2 cm³/mol. The minimum Gasteiger partial charge on any atom is -0.396 e. The number of hydrogen-bond donors (Lipinski definition) is 2. The molecule has 0 radical (unpaired) electrons. The third kappa shape index (κ3) is 2.96. The quantitative estimate of drug-likeness (QED) is 0.726. The molecule has 3 atom stereocenters. The predicted octanol–water partition coefficient (Wildman–Crippen LogP) is 2.03. The molecular formula is C12H25NO. The molecule has 0 saturated heterocycles. The minimum absolute atomic E-state index is 0.0194. The van der Waals surface area contributed by atoms with E-state index < -0.39 is 0 Å². The molecule has 1 aliphatic rings. The van der Waals surface area contributed by atoms with Gasteiger partial charge in [-0.1, -0.05) is 27.7 Å². The molecule has 1 fully saturated rings. The largest absolute Gasteiger partial charge is 0.396 e. The van der Waals surface area contributed by atoms with Crippen molar-refractivity contribution in [3.8, 4) is 0 Å². The maximum absolute atomic E-state index is 9.15. The zero-order valence-electron chi connectivity index (χ0n) is 10.0. The summed E-state index contributed by atoms with van der Waals surface area (Å²) in [6, 6.07) is 0.663. The van der Waals surface area contributed by atoms with Crippen LogP contribution in [0.3, 0.4) is 0 Å². The molecule has 0 heterocycles. The highest BCUT2D eigenvalue weighted by molar-refractivity contribution is 4.86. The first kappa shape index (κ1) is 12.0. The zero-order valence-corrected chi connectivity index (χ0v) is 10.0. The number of nitrogens with one attached hydrogen (secondary N) is 1. The van der Waals surface area contributed by atoms with E-state index in [1.54, 1.807) is 0 Å². The Kier molecular flexibility index (Phi) is 3.96. The summed E-state index contributed by atoms with van der Waals surface area (Å²) in [6.45, 7) is 10.1. The lowest BCUT2D eigenvalue weighted by Crippen LogP contribution is -2.40. The normalized spacial score (nSPS) is 33.6. The Bertz CT molecular complexity index is 179. The molecule has 14 heavy (non-hydrogen) atoms. The van der Waals surface area contributed by atoms with Gasteiger partial charge in [-0.3, -0.25) is 0 Å². The monoisotopic (exact) mass is 199 g/mol. The lowest BCUT2D eigenvalue weighted by molar-refractivity contribution is 0.150. The Hall–Kier alpha value is -0.0800. The molecule has 84 valence electrons. The van der Waals surface area contributed by atoms with Gasteiger partial charge in [-0.2, -0.15) is 0 Å². The van der Waals surface area contributed by atoms with Crippen molar-refractivity contribution in [3.63, 3.8) is 0 Å². The van der Waals surface area contributed by atoms with Crippen LogP contribution in [0.15, 0.2) is 0 Å². The summed E-state index contributed by atoms with van der Waals surface area (Å²) in [5, 5.41) is 12.7. The molecule has 0 aromatic carbocycles. The second-order valence-corrected chi connectivity index (χ2v) is 5.72. The average Bonchev–Trinajstić information content (AvgIpc) is 2.45. The van der Waals surface area contributed by atoms with Crippen molar-refractivity contribution in [2.75, 3.05) is 13.2 Å². The van der Waals surface area contributed by atoms with E-state index in [-0.39, 0.29) is 12.0 Å². The van der Waals surface area contributed by atoms with Gasteiger partial charge in [-0.15, -0.1) is 0 Å². The number of aliphatic hydroxyl groups excluding tert-OH is 1. The van der Waals surface area contributed by atoms with Crippen LogP contribution in [0.2, 0.25) is 0 Å². The van der Waals surface area contributed by atoms with E-state index >= 15 is 0 Å². The first-order chi connectivity index (χ1) is 6.46. The minimum atomic E-state index is 0.0194. The van der Waals surface area contributed by atoms with Crippen LogP contribution < -0.4 is 5.32 Å². The average molecular weight is 199 g/mol. The highest BCUT2D eigenvalue weighted by atomic mass is 16.3. The SMILES string of the molecule is CC1CCC(NCC(C)(C)CO)C1C. The standard InChI is InChI=1S/C12H25NO/c1-9-5-6-11(10(9)2)13-7-12(3,4)8-14/h9-11,13-14H,5-8H2,1-4H3. The molecule has 1 saturated carbocycles. The fourth-order valence-corrected chi connectivity index (χ4v) is 2.12. The van der Waals surface area contributed by atoms with E-state index in [4.69, 9.17) is 5.11 Å². The van der Waals surface area contributed by atoms with Gasteiger partial charge in [0.05, 0.1) is 0 Å². The summed E-state index contributed by atoms with van der Waals surface area (Å²) in [5.41, 5.74) is 0.0194. The third-order valence-corrected chi connectivity index (χ3v) is 3.74. The van der Waals surface area contributed by atoms with Gasteiger partial charge >= 0.3 is 0 Å². The van der Waals surface area contributed by atoms with Gasteiger partial charge in [-0.05, 0) is 24.7 Å². The van der Waals surface area contributed by atoms with Gasteiger partial charge in [-0.25, -0.2) is 0 Å². The summed E-state index contributed by atoms with van der Waals surface area (Å²) in [7, 11) is 0. The third-order valence-electron chi connectivity index (χ3n) is 3.74. The van der Waals surface area contributed by atoms with E-state index in [1.807, 2.05) is 0 Å². The fraction of sp³-hybridized carbons (Fsp3) is 1.00. The Morgan fingerprint density at radius 2 is 1.93 bits per heavy atom. The Morgan fingerprint density at radius 3 is 2.36 bits per heavy atom. The van der Waals surface area contributed by atoms with Crippen molar-refractivity contribution >= 4 is 0 Å². The summed E-state index contributed by atoms with van der Waals surface area (Å²) < 4.78 is 0. The van der Waals surface area contributed by atoms with Crippen LogP contribution in [-0.4, -0.2) is 24.3 Å². The number of aliphatic hydroxyl groups is 1. The van der Waals surface area contributed by atoms with Gasteiger partial charge in [0.2, 0.25) is 0 Å². The fourth-order valence-electron chi connectivity index (χ4n) is 2.12. The van der Waals surface area contributed by atoms with E-state index in [0.717, 1.165) is 18.4 Å². The van der Waals surface area contributed by atoms with E-state index in [1.165, 1.54) is 12.8 Å². The van der Waals surface area contributed by atoms with E-state index in [0.29, 0.717) is 6.04 Å². The molecule has 0 aliphatic heterocycles. The van der Waals surface area contributed by atoms with Gasteiger partial charge in [0, 0.05) is 24.6 Å². The van der Waals surface area contributed by atoms with Crippen LogP contribution in [0.4, 0.5) is 0 Å². The molecule has 0 aromatic heterocycles.